The van der Waals surface area contributed by atoms with E-state index in [1.807, 2.05) is 16.8 Å². The number of hydrogen-bond donors (Lipinski definition) is 0. The molecule has 0 aliphatic heterocycles. The molecule has 0 aromatic carbocycles. The number of hydrogen-bond acceptors (Lipinski definition) is 2. The fraction of sp³-hybridized carbons (Fsp3) is 0. The summed E-state index contributed by atoms with van der Waals surface area (Å²) in [6, 6.07) is 0. The predicted octanol–water partition coefficient (Wildman–Crippen LogP) is 1.37. The van der Waals surface area contributed by atoms with Crippen LogP contribution in [-0.2, 0) is 0 Å². The van der Waals surface area contributed by atoms with Gasteiger partial charge in [0.25, 0.3) is 0 Å². The maximum Gasteiger partial charge on any atom is 0.155 e. The van der Waals surface area contributed by atoms with E-state index in [0.29, 0.717) is 0 Å². The zero-order valence-electron chi connectivity index (χ0n) is 5.94. The number of aromatic nitrogens is 3. The zero-order valence-corrected chi connectivity index (χ0v) is 5.94. The first-order chi connectivity index (χ1) is 5.40. The first kappa shape index (κ1) is 6.09. The van der Waals surface area contributed by atoms with Crippen molar-refractivity contribution in [1.82, 2.24) is 14.4 Å². The van der Waals surface area contributed by atoms with Gasteiger partial charge in [0.15, 0.2) is 5.65 Å². The van der Waals surface area contributed by atoms with E-state index < -0.39 is 0 Å². The lowest BCUT2D eigenvalue weighted by Gasteiger charge is -1.93. The molecule has 0 radical (unpaired) electrons. The fourth-order valence-corrected chi connectivity index (χ4v) is 0.947. The molecule has 0 fully saturated rings. The van der Waals surface area contributed by atoms with Gasteiger partial charge in [-0.1, -0.05) is 6.58 Å². The fourth-order valence-electron chi connectivity index (χ4n) is 0.947. The summed E-state index contributed by atoms with van der Waals surface area (Å²) in [6.45, 7) is 3.63. The molecule has 2 aromatic rings. The Morgan fingerprint density at radius 2 is 2.36 bits per heavy atom. The Hall–Kier alpha value is -1.64. The molecule has 3 heteroatoms. The summed E-state index contributed by atoms with van der Waals surface area (Å²) < 4.78 is 1.91. The van der Waals surface area contributed by atoms with Gasteiger partial charge in [0.05, 0.1) is 11.9 Å². The minimum absolute atomic E-state index is 0.857. The van der Waals surface area contributed by atoms with Crippen molar-refractivity contribution in [3.05, 3.63) is 37.1 Å². The van der Waals surface area contributed by atoms with Gasteiger partial charge in [0, 0.05) is 18.6 Å². The lowest BCUT2D eigenvalue weighted by Crippen LogP contribution is -1.87. The van der Waals surface area contributed by atoms with Crippen molar-refractivity contribution < 1.29 is 0 Å². The summed E-state index contributed by atoms with van der Waals surface area (Å²) in [5.41, 5.74) is 1.71. The normalized spacial score (nSPS) is 10.2. The smallest absolute Gasteiger partial charge is 0.155 e. The Kier molecular flexibility index (Phi) is 1.22. The molecule has 11 heavy (non-hydrogen) atoms. The lowest BCUT2D eigenvalue weighted by atomic mass is 10.4. The second-order valence-electron chi connectivity index (χ2n) is 2.21. The number of nitrogens with zero attached hydrogens (tertiary/aromatic N) is 3. The zero-order chi connectivity index (χ0) is 7.68. The monoisotopic (exact) mass is 145 g/mol. The van der Waals surface area contributed by atoms with Crippen LogP contribution in [0.2, 0.25) is 0 Å². The summed E-state index contributed by atoms with van der Waals surface area (Å²) in [5, 5.41) is 0. The molecule has 0 unspecified atom stereocenters. The second-order valence-corrected chi connectivity index (χ2v) is 2.21. The molecule has 54 valence electrons. The minimum atomic E-state index is 0.857. The highest BCUT2D eigenvalue weighted by Gasteiger charge is 1.92. The molecule has 0 N–H and O–H groups in total. The molecule has 0 bridgehead atoms. The van der Waals surface area contributed by atoms with E-state index in [9.17, 15) is 0 Å². The highest BCUT2D eigenvalue weighted by Crippen LogP contribution is 2.00. The van der Waals surface area contributed by atoms with Crippen LogP contribution in [0, 0.1) is 0 Å². The minimum Gasteiger partial charge on any atom is -0.304 e. The standard InChI is InChI=1S/C8H7N3/c1-2-7-6-11-4-3-9-8(11)5-10-7/h2-6H,1H2. The van der Waals surface area contributed by atoms with Crippen LogP contribution in [-0.4, -0.2) is 14.4 Å². The molecule has 2 aromatic heterocycles. The molecule has 2 heterocycles. The predicted molar refractivity (Wildman–Crippen MR) is 43.1 cm³/mol. The Balaban J connectivity index is 2.76. The van der Waals surface area contributed by atoms with Crippen molar-refractivity contribution in [1.29, 1.82) is 0 Å². The third kappa shape index (κ3) is 0.902. The SMILES string of the molecule is C=Cc1cn2ccnc2cn1. The summed E-state index contributed by atoms with van der Waals surface area (Å²) in [7, 11) is 0. The van der Waals surface area contributed by atoms with Crippen LogP contribution >= 0.6 is 0 Å². The highest BCUT2D eigenvalue weighted by molar-refractivity contribution is 5.44. The molecule has 0 amide bonds. The molecule has 0 spiro atoms. The molecule has 0 atom stereocenters. The van der Waals surface area contributed by atoms with Gasteiger partial charge in [-0.15, -0.1) is 0 Å². The molecular formula is C8H7N3. The molecule has 0 saturated carbocycles. The van der Waals surface area contributed by atoms with Gasteiger partial charge in [-0.2, -0.15) is 0 Å². The van der Waals surface area contributed by atoms with Crippen molar-refractivity contribution in [3.8, 4) is 0 Å². The molecule has 0 saturated heterocycles. The van der Waals surface area contributed by atoms with E-state index in [-0.39, 0.29) is 0 Å². The Morgan fingerprint density at radius 3 is 3.18 bits per heavy atom. The molecule has 3 nitrogen and oxygen atoms in total. The topological polar surface area (TPSA) is 30.2 Å². The van der Waals surface area contributed by atoms with Crippen LogP contribution in [0.1, 0.15) is 5.69 Å². The molecule has 2 rings (SSSR count). The van der Waals surface area contributed by atoms with Crippen molar-refractivity contribution >= 4 is 11.7 Å². The van der Waals surface area contributed by atoms with E-state index in [1.54, 1.807) is 18.5 Å². The van der Waals surface area contributed by atoms with Crippen LogP contribution in [0.4, 0.5) is 0 Å². The van der Waals surface area contributed by atoms with Crippen LogP contribution in [0.5, 0.6) is 0 Å². The number of rotatable bonds is 1. The van der Waals surface area contributed by atoms with Gasteiger partial charge >= 0.3 is 0 Å². The Bertz CT molecular complexity index is 389. The van der Waals surface area contributed by atoms with Crippen molar-refractivity contribution in [3.63, 3.8) is 0 Å². The first-order valence-electron chi connectivity index (χ1n) is 3.31. The van der Waals surface area contributed by atoms with E-state index in [0.717, 1.165) is 11.3 Å². The van der Waals surface area contributed by atoms with Crippen LogP contribution < -0.4 is 0 Å². The van der Waals surface area contributed by atoms with Crippen LogP contribution in [0.25, 0.3) is 11.7 Å². The lowest BCUT2D eigenvalue weighted by molar-refractivity contribution is 1.11. The Labute approximate surface area is 64.0 Å². The van der Waals surface area contributed by atoms with Gasteiger partial charge < -0.3 is 4.40 Å². The third-order valence-electron chi connectivity index (χ3n) is 1.51. The number of fused-ring (bicyclic) bond motifs is 1. The Morgan fingerprint density at radius 1 is 1.45 bits per heavy atom. The molecule has 0 aliphatic carbocycles. The molecular weight excluding hydrogens is 138 g/mol. The van der Waals surface area contributed by atoms with Gasteiger partial charge in [-0.05, 0) is 6.08 Å². The first-order valence-corrected chi connectivity index (χ1v) is 3.31. The van der Waals surface area contributed by atoms with Gasteiger partial charge in [0.1, 0.15) is 0 Å². The van der Waals surface area contributed by atoms with Crippen molar-refractivity contribution in [2.45, 2.75) is 0 Å². The summed E-state index contributed by atoms with van der Waals surface area (Å²) >= 11 is 0. The summed E-state index contributed by atoms with van der Waals surface area (Å²) in [5.74, 6) is 0. The van der Waals surface area contributed by atoms with Crippen molar-refractivity contribution in [2.24, 2.45) is 0 Å². The van der Waals surface area contributed by atoms with E-state index in [2.05, 4.69) is 16.5 Å². The average molecular weight is 145 g/mol. The largest absolute Gasteiger partial charge is 0.304 e. The third-order valence-corrected chi connectivity index (χ3v) is 1.51. The van der Waals surface area contributed by atoms with Crippen molar-refractivity contribution in [2.75, 3.05) is 0 Å². The number of imidazole rings is 1. The highest BCUT2D eigenvalue weighted by atomic mass is 15.0. The van der Waals surface area contributed by atoms with Gasteiger partial charge in [-0.3, -0.25) is 4.98 Å². The van der Waals surface area contributed by atoms with E-state index in [1.165, 1.54) is 0 Å². The molecule has 0 aliphatic rings. The van der Waals surface area contributed by atoms with E-state index >= 15 is 0 Å². The second kappa shape index (κ2) is 2.20. The van der Waals surface area contributed by atoms with Gasteiger partial charge in [0.2, 0.25) is 0 Å². The average Bonchev–Trinajstić information content (AvgIpc) is 2.50. The van der Waals surface area contributed by atoms with E-state index in [4.69, 9.17) is 0 Å². The van der Waals surface area contributed by atoms with Crippen LogP contribution in [0.15, 0.2) is 31.4 Å². The summed E-state index contributed by atoms with van der Waals surface area (Å²) in [6.07, 6.45) is 8.93. The van der Waals surface area contributed by atoms with Gasteiger partial charge in [-0.25, -0.2) is 4.98 Å². The summed E-state index contributed by atoms with van der Waals surface area (Å²) in [4.78, 5) is 8.16. The maximum absolute atomic E-state index is 4.10. The van der Waals surface area contributed by atoms with Crippen LogP contribution in [0.3, 0.4) is 0 Å². The maximum atomic E-state index is 4.10. The quantitative estimate of drug-likeness (QED) is 0.606.